The molecule has 0 saturated carbocycles. The Morgan fingerprint density at radius 3 is 2.16 bits per heavy atom. The normalized spacial score (nSPS) is 15.0. The van der Waals surface area contributed by atoms with Gasteiger partial charge in [0.2, 0.25) is 0 Å². The lowest BCUT2D eigenvalue weighted by atomic mass is 9.93. The van der Waals surface area contributed by atoms with Gasteiger partial charge in [-0.3, -0.25) is 9.59 Å². The summed E-state index contributed by atoms with van der Waals surface area (Å²) in [4.78, 5) is 23.0. The highest BCUT2D eigenvalue weighted by Gasteiger charge is 2.43. The molecule has 1 unspecified atom stereocenters. The minimum atomic E-state index is -1.21. The van der Waals surface area contributed by atoms with Crippen molar-refractivity contribution in [3.63, 3.8) is 0 Å². The molecular formula is C14H28NO4+. The van der Waals surface area contributed by atoms with Gasteiger partial charge in [-0.15, -0.1) is 0 Å². The standard InChI is InChI=1S/C14H27NO4/c1-6-7-8-9-19-14(12(2)16,10-13(17)18)11-15(3,4)5/h6-11H2,1-5H3/p+1. The molecular weight excluding hydrogens is 246 g/mol. The first kappa shape index (κ1) is 18.1. The number of likely N-dealkylation sites (N-methyl/N-ethyl adjacent to an activating group) is 1. The minimum absolute atomic E-state index is 0.209. The molecule has 19 heavy (non-hydrogen) atoms. The Kier molecular flexibility index (Phi) is 7.23. The molecule has 5 heteroatoms. The van der Waals surface area contributed by atoms with Crippen LogP contribution in [0, 0.1) is 0 Å². The fraction of sp³-hybridized carbons (Fsp3) is 0.857. The lowest BCUT2D eigenvalue weighted by Gasteiger charge is -2.36. The van der Waals surface area contributed by atoms with Crippen LogP contribution in [0.2, 0.25) is 0 Å². The molecule has 5 nitrogen and oxygen atoms in total. The highest BCUT2D eigenvalue weighted by Crippen LogP contribution is 2.22. The summed E-state index contributed by atoms with van der Waals surface area (Å²) in [6.07, 6.45) is 2.66. The zero-order valence-corrected chi connectivity index (χ0v) is 12.9. The number of carbonyl (C=O) groups excluding carboxylic acids is 1. The number of carbonyl (C=O) groups is 2. The van der Waals surface area contributed by atoms with E-state index >= 15 is 0 Å². The summed E-state index contributed by atoms with van der Waals surface area (Å²) in [5.74, 6) is -1.21. The third-order valence-corrected chi connectivity index (χ3v) is 2.93. The van der Waals surface area contributed by atoms with Gasteiger partial charge in [0.25, 0.3) is 0 Å². The van der Waals surface area contributed by atoms with Gasteiger partial charge >= 0.3 is 5.97 Å². The van der Waals surface area contributed by atoms with E-state index in [1.165, 1.54) is 6.92 Å². The molecule has 0 bridgehead atoms. The van der Waals surface area contributed by atoms with Gasteiger partial charge in [-0.2, -0.15) is 0 Å². The van der Waals surface area contributed by atoms with E-state index in [0.717, 1.165) is 19.3 Å². The van der Waals surface area contributed by atoms with Crippen molar-refractivity contribution >= 4 is 11.8 Å². The summed E-state index contributed by atoms with van der Waals surface area (Å²) < 4.78 is 6.22. The number of carboxylic acid groups (broad SMARTS) is 1. The molecule has 0 aliphatic heterocycles. The van der Waals surface area contributed by atoms with Gasteiger partial charge in [-0.1, -0.05) is 19.8 Å². The van der Waals surface area contributed by atoms with E-state index in [9.17, 15) is 9.59 Å². The van der Waals surface area contributed by atoms with Crippen molar-refractivity contribution in [3.8, 4) is 0 Å². The van der Waals surface area contributed by atoms with Crippen molar-refractivity contribution in [2.45, 2.75) is 45.1 Å². The molecule has 0 aromatic rings. The van der Waals surface area contributed by atoms with Crippen LogP contribution in [0.15, 0.2) is 0 Å². The Hall–Kier alpha value is -0.940. The van der Waals surface area contributed by atoms with Crippen molar-refractivity contribution in [2.75, 3.05) is 34.3 Å². The predicted octanol–water partition coefficient (Wildman–Crippen LogP) is 1.70. The monoisotopic (exact) mass is 274 g/mol. The molecule has 0 aliphatic rings. The average Bonchev–Trinajstić information content (AvgIpc) is 2.20. The number of quaternary nitrogens is 1. The molecule has 1 N–H and O–H groups in total. The van der Waals surface area contributed by atoms with Gasteiger partial charge in [-0.05, 0) is 13.3 Å². The lowest BCUT2D eigenvalue weighted by molar-refractivity contribution is -0.875. The van der Waals surface area contributed by atoms with Crippen LogP contribution in [0.4, 0.5) is 0 Å². The number of rotatable bonds is 10. The van der Waals surface area contributed by atoms with Gasteiger partial charge in [0, 0.05) is 6.61 Å². The molecule has 0 heterocycles. The van der Waals surface area contributed by atoms with Crippen molar-refractivity contribution < 1.29 is 23.9 Å². The van der Waals surface area contributed by atoms with E-state index in [0.29, 0.717) is 17.6 Å². The number of hydrogen-bond donors (Lipinski definition) is 1. The smallest absolute Gasteiger partial charge is 0.307 e. The van der Waals surface area contributed by atoms with Crippen LogP contribution >= 0.6 is 0 Å². The predicted molar refractivity (Wildman–Crippen MR) is 74.0 cm³/mol. The van der Waals surface area contributed by atoms with E-state index < -0.39 is 11.6 Å². The number of nitrogens with zero attached hydrogens (tertiary/aromatic N) is 1. The van der Waals surface area contributed by atoms with E-state index in [1.54, 1.807) is 0 Å². The molecule has 0 aromatic heterocycles. The molecule has 0 fully saturated rings. The van der Waals surface area contributed by atoms with Crippen LogP contribution in [0.5, 0.6) is 0 Å². The lowest BCUT2D eigenvalue weighted by Crippen LogP contribution is -2.55. The van der Waals surface area contributed by atoms with Gasteiger partial charge in [0.1, 0.15) is 6.54 Å². The first-order valence-corrected chi connectivity index (χ1v) is 6.80. The fourth-order valence-electron chi connectivity index (χ4n) is 2.12. The molecule has 0 radical (unpaired) electrons. The largest absolute Gasteiger partial charge is 0.481 e. The fourth-order valence-corrected chi connectivity index (χ4v) is 2.12. The Morgan fingerprint density at radius 1 is 1.21 bits per heavy atom. The zero-order valence-electron chi connectivity index (χ0n) is 12.9. The van der Waals surface area contributed by atoms with Crippen molar-refractivity contribution in [1.29, 1.82) is 0 Å². The second-order valence-electron chi connectivity index (χ2n) is 6.12. The van der Waals surface area contributed by atoms with Crippen LogP contribution in [-0.2, 0) is 14.3 Å². The molecule has 1 atom stereocenters. The van der Waals surface area contributed by atoms with Crippen LogP contribution in [0.3, 0.4) is 0 Å². The zero-order chi connectivity index (χ0) is 15.1. The Balaban J connectivity index is 4.93. The Bertz CT molecular complexity index is 309. The van der Waals surface area contributed by atoms with E-state index in [-0.39, 0.29) is 12.2 Å². The summed E-state index contributed by atoms with van der Waals surface area (Å²) in [5.41, 5.74) is -1.21. The Morgan fingerprint density at radius 2 is 1.79 bits per heavy atom. The van der Waals surface area contributed by atoms with E-state index in [2.05, 4.69) is 6.92 Å². The van der Waals surface area contributed by atoms with Crippen molar-refractivity contribution in [3.05, 3.63) is 0 Å². The third-order valence-electron chi connectivity index (χ3n) is 2.93. The second-order valence-corrected chi connectivity index (χ2v) is 6.12. The van der Waals surface area contributed by atoms with Gasteiger partial charge < -0.3 is 14.3 Å². The van der Waals surface area contributed by atoms with Gasteiger partial charge in [-0.25, -0.2) is 0 Å². The Labute approximate surface area is 116 Å². The summed E-state index contributed by atoms with van der Waals surface area (Å²) in [6, 6.07) is 0. The first-order chi connectivity index (χ1) is 8.63. The summed E-state index contributed by atoms with van der Waals surface area (Å²) in [7, 11) is 5.78. The first-order valence-electron chi connectivity index (χ1n) is 6.80. The number of Topliss-reactive ketones (excluding diaryl/α,β-unsaturated/α-hetero) is 1. The van der Waals surface area contributed by atoms with Crippen LogP contribution < -0.4 is 0 Å². The molecule has 112 valence electrons. The highest BCUT2D eigenvalue weighted by molar-refractivity contribution is 5.89. The molecule has 0 rings (SSSR count). The van der Waals surface area contributed by atoms with E-state index in [1.807, 2.05) is 21.1 Å². The highest BCUT2D eigenvalue weighted by atomic mass is 16.5. The van der Waals surface area contributed by atoms with Crippen LogP contribution in [0.25, 0.3) is 0 Å². The van der Waals surface area contributed by atoms with Gasteiger partial charge in [0.15, 0.2) is 11.4 Å². The molecule has 0 spiro atoms. The average molecular weight is 274 g/mol. The summed E-state index contributed by atoms with van der Waals surface area (Å²) in [5, 5.41) is 9.06. The number of carboxylic acids is 1. The quantitative estimate of drug-likeness (QED) is 0.486. The number of ether oxygens (including phenoxy) is 1. The minimum Gasteiger partial charge on any atom is -0.481 e. The SMILES string of the molecule is CCCCCOC(CC(=O)O)(C[N+](C)(C)C)C(C)=O. The summed E-state index contributed by atoms with van der Waals surface area (Å²) >= 11 is 0. The molecule has 0 amide bonds. The van der Waals surface area contributed by atoms with Crippen molar-refractivity contribution in [1.82, 2.24) is 0 Å². The number of hydrogen-bond acceptors (Lipinski definition) is 3. The second kappa shape index (κ2) is 7.60. The van der Waals surface area contributed by atoms with Gasteiger partial charge in [0.05, 0.1) is 27.6 Å². The van der Waals surface area contributed by atoms with Crippen LogP contribution in [-0.4, -0.2) is 61.2 Å². The maximum Gasteiger partial charge on any atom is 0.307 e. The van der Waals surface area contributed by atoms with Crippen molar-refractivity contribution in [2.24, 2.45) is 0 Å². The third kappa shape index (κ3) is 7.28. The molecule has 0 aliphatic carbocycles. The number of unbranched alkanes of at least 4 members (excludes halogenated alkanes) is 2. The topological polar surface area (TPSA) is 63.6 Å². The summed E-state index contributed by atoms with van der Waals surface area (Å²) in [6.45, 7) is 4.29. The maximum atomic E-state index is 11.9. The number of aliphatic carboxylic acids is 1. The molecule has 0 saturated heterocycles. The van der Waals surface area contributed by atoms with Crippen LogP contribution in [0.1, 0.15) is 39.5 Å². The molecule has 0 aromatic carbocycles. The maximum absolute atomic E-state index is 11.9. The number of ketones is 1. The van der Waals surface area contributed by atoms with E-state index in [4.69, 9.17) is 9.84 Å².